The standard InChI is InChI=1S/C56H34O/c1-2-17-36(18-3-1)52-40-21-6-8-23-42(40)53(43-24-9-7-22-41(43)52)37-32-33-48-51(34-37)57-50-31-15-30-49(56(48)50)55-46-27-12-10-25-44(46)54(45-26-11-13-28-47(45)55)39-29-14-19-35-16-4-5-20-38(35)39/h1-34H. The maximum Gasteiger partial charge on any atom is 0.136 e. The quantitative estimate of drug-likeness (QED) is 0.165. The van der Waals surface area contributed by atoms with Gasteiger partial charge in [0.2, 0.25) is 0 Å². The van der Waals surface area contributed by atoms with Gasteiger partial charge in [0.1, 0.15) is 11.2 Å². The first-order valence-corrected chi connectivity index (χ1v) is 19.7. The van der Waals surface area contributed by atoms with Gasteiger partial charge >= 0.3 is 0 Å². The zero-order valence-electron chi connectivity index (χ0n) is 31.0. The van der Waals surface area contributed by atoms with Crippen LogP contribution < -0.4 is 0 Å². The van der Waals surface area contributed by atoms with Gasteiger partial charge in [0, 0.05) is 10.8 Å². The molecule has 0 N–H and O–H groups in total. The van der Waals surface area contributed by atoms with E-state index in [1.165, 1.54) is 92.8 Å². The van der Waals surface area contributed by atoms with E-state index in [1.807, 2.05) is 0 Å². The lowest BCUT2D eigenvalue weighted by Gasteiger charge is -2.19. The summed E-state index contributed by atoms with van der Waals surface area (Å²) < 4.78 is 6.86. The Morgan fingerprint density at radius 1 is 0.246 bits per heavy atom. The summed E-state index contributed by atoms with van der Waals surface area (Å²) in [5, 5.41) is 14.7. The molecule has 1 nitrogen and oxygen atoms in total. The maximum absolute atomic E-state index is 6.86. The van der Waals surface area contributed by atoms with Gasteiger partial charge in [0.15, 0.2) is 0 Å². The Balaban J connectivity index is 1.12. The number of fused-ring (bicyclic) bond motifs is 8. The van der Waals surface area contributed by atoms with E-state index in [0.29, 0.717) is 0 Å². The van der Waals surface area contributed by atoms with Gasteiger partial charge in [0.25, 0.3) is 0 Å². The summed E-state index contributed by atoms with van der Waals surface area (Å²) >= 11 is 0. The Labute approximate surface area is 329 Å². The second kappa shape index (κ2) is 12.5. The minimum Gasteiger partial charge on any atom is -0.456 e. The third-order valence-corrected chi connectivity index (χ3v) is 12.0. The largest absolute Gasteiger partial charge is 0.456 e. The minimum absolute atomic E-state index is 0.885. The fourth-order valence-electron chi connectivity index (χ4n) is 9.70. The normalized spacial score (nSPS) is 11.9. The summed E-state index contributed by atoms with van der Waals surface area (Å²) in [7, 11) is 0. The average molecular weight is 723 g/mol. The van der Waals surface area contributed by atoms with Crippen LogP contribution in [0, 0.1) is 0 Å². The molecule has 1 heteroatoms. The zero-order valence-corrected chi connectivity index (χ0v) is 31.0. The van der Waals surface area contributed by atoms with Gasteiger partial charge in [-0.2, -0.15) is 0 Å². The molecule has 57 heavy (non-hydrogen) atoms. The number of hydrogen-bond acceptors (Lipinski definition) is 1. The molecule has 0 unspecified atom stereocenters. The highest BCUT2D eigenvalue weighted by Gasteiger charge is 2.22. The van der Waals surface area contributed by atoms with Crippen LogP contribution >= 0.6 is 0 Å². The average Bonchev–Trinajstić information content (AvgIpc) is 3.66. The molecular weight excluding hydrogens is 689 g/mol. The highest BCUT2D eigenvalue weighted by atomic mass is 16.3. The Morgan fingerprint density at radius 3 is 1.28 bits per heavy atom. The van der Waals surface area contributed by atoms with Gasteiger partial charge in [0.05, 0.1) is 0 Å². The Morgan fingerprint density at radius 2 is 0.684 bits per heavy atom. The van der Waals surface area contributed by atoms with Crippen LogP contribution in [0.1, 0.15) is 0 Å². The third kappa shape index (κ3) is 4.76. The van der Waals surface area contributed by atoms with Crippen LogP contribution in [0.2, 0.25) is 0 Å². The minimum atomic E-state index is 0.885. The van der Waals surface area contributed by atoms with Crippen molar-refractivity contribution in [3.63, 3.8) is 0 Å². The summed E-state index contributed by atoms with van der Waals surface area (Å²) in [6.45, 7) is 0. The van der Waals surface area contributed by atoms with E-state index in [1.54, 1.807) is 0 Å². The van der Waals surface area contributed by atoms with E-state index in [0.717, 1.165) is 27.5 Å². The van der Waals surface area contributed by atoms with Gasteiger partial charge in [-0.25, -0.2) is 0 Å². The lowest BCUT2D eigenvalue weighted by atomic mass is 9.84. The van der Waals surface area contributed by atoms with Crippen molar-refractivity contribution in [1.82, 2.24) is 0 Å². The summed E-state index contributed by atoms with van der Waals surface area (Å²) in [5.74, 6) is 0. The Hall–Kier alpha value is -7.48. The summed E-state index contributed by atoms with van der Waals surface area (Å²) in [4.78, 5) is 0. The molecule has 0 amide bonds. The molecule has 1 aromatic heterocycles. The van der Waals surface area contributed by atoms with Crippen LogP contribution in [0.25, 0.3) is 120 Å². The maximum atomic E-state index is 6.86. The van der Waals surface area contributed by atoms with Gasteiger partial charge < -0.3 is 4.42 Å². The van der Waals surface area contributed by atoms with Crippen LogP contribution in [-0.4, -0.2) is 0 Å². The predicted octanol–water partition coefficient (Wildman–Crippen LogP) is 16.0. The zero-order chi connectivity index (χ0) is 37.5. The Bertz CT molecular complexity index is 3450. The number of furan rings is 1. The molecule has 0 radical (unpaired) electrons. The summed E-state index contributed by atoms with van der Waals surface area (Å²) in [6.07, 6.45) is 0. The summed E-state index contributed by atoms with van der Waals surface area (Å²) in [6, 6.07) is 75.1. The van der Waals surface area contributed by atoms with Crippen molar-refractivity contribution < 1.29 is 4.42 Å². The predicted molar refractivity (Wildman–Crippen MR) is 243 cm³/mol. The molecule has 0 aliphatic rings. The van der Waals surface area contributed by atoms with E-state index in [4.69, 9.17) is 4.42 Å². The fraction of sp³-hybridized carbons (Fsp3) is 0. The third-order valence-electron chi connectivity index (χ3n) is 12.0. The molecular formula is C56H34O. The monoisotopic (exact) mass is 722 g/mol. The van der Waals surface area contributed by atoms with Crippen molar-refractivity contribution in [2.45, 2.75) is 0 Å². The molecule has 12 aromatic rings. The van der Waals surface area contributed by atoms with Gasteiger partial charge in [-0.05, 0) is 117 Å². The molecule has 0 aliphatic heterocycles. The molecule has 1 heterocycles. The van der Waals surface area contributed by atoms with Crippen molar-refractivity contribution in [2.24, 2.45) is 0 Å². The van der Waals surface area contributed by atoms with Gasteiger partial charge in [-0.15, -0.1) is 0 Å². The topological polar surface area (TPSA) is 13.1 Å². The van der Waals surface area contributed by atoms with Crippen LogP contribution in [0.15, 0.2) is 211 Å². The first-order chi connectivity index (χ1) is 28.3. The highest BCUT2D eigenvalue weighted by molar-refractivity contribution is 6.27. The lowest BCUT2D eigenvalue weighted by Crippen LogP contribution is -1.92. The molecule has 0 fully saturated rings. The van der Waals surface area contributed by atoms with Crippen LogP contribution in [0.3, 0.4) is 0 Å². The van der Waals surface area contributed by atoms with Crippen LogP contribution in [0.4, 0.5) is 0 Å². The van der Waals surface area contributed by atoms with E-state index in [2.05, 4.69) is 206 Å². The van der Waals surface area contributed by atoms with Gasteiger partial charge in [-0.1, -0.05) is 188 Å². The Kier molecular flexibility index (Phi) is 7.00. The smallest absolute Gasteiger partial charge is 0.136 e. The van der Waals surface area contributed by atoms with Crippen LogP contribution in [0.5, 0.6) is 0 Å². The first kappa shape index (κ1) is 31.8. The molecule has 11 aromatic carbocycles. The highest BCUT2D eigenvalue weighted by Crippen LogP contribution is 2.49. The van der Waals surface area contributed by atoms with E-state index >= 15 is 0 Å². The van der Waals surface area contributed by atoms with Crippen molar-refractivity contribution >= 4 is 75.8 Å². The fourth-order valence-corrected chi connectivity index (χ4v) is 9.70. The van der Waals surface area contributed by atoms with Crippen molar-refractivity contribution in [3.05, 3.63) is 206 Å². The molecule has 264 valence electrons. The second-order valence-corrected chi connectivity index (χ2v) is 15.1. The molecule has 0 saturated carbocycles. The van der Waals surface area contributed by atoms with E-state index in [-0.39, 0.29) is 0 Å². The van der Waals surface area contributed by atoms with Crippen LogP contribution in [-0.2, 0) is 0 Å². The van der Waals surface area contributed by atoms with Crippen molar-refractivity contribution in [3.8, 4) is 44.5 Å². The van der Waals surface area contributed by atoms with Gasteiger partial charge in [-0.3, -0.25) is 0 Å². The molecule has 12 rings (SSSR count). The number of hydrogen-bond donors (Lipinski definition) is 0. The molecule has 0 bridgehead atoms. The number of benzene rings is 11. The molecule has 0 aliphatic carbocycles. The van der Waals surface area contributed by atoms with E-state index in [9.17, 15) is 0 Å². The van der Waals surface area contributed by atoms with E-state index < -0.39 is 0 Å². The molecule has 0 spiro atoms. The number of rotatable bonds is 4. The van der Waals surface area contributed by atoms with Crippen molar-refractivity contribution in [2.75, 3.05) is 0 Å². The SMILES string of the molecule is c1ccc(-c2c3ccccc3c(-c3ccc4c(c3)oc3cccc(-c5c6ccccc6c(-c6cccc7ccccc67)c6ccccc56)c34)c3ccccc23)cc1. The van der Waals surface area contributed by atoms with Crippen molar-refractivity contribution in [1.29, 1.82) is 0 Å². The molecule has 0 saturated heterocycles. The molecule has 0 atom stereocenters. The first-order valence-electron chi connectivity index (χ1n) is 19.7. The summed E-state index contributed by atoms with van der Waals surface area (Å²) in [5.41, 5.74) is 11.6. The second-order valence-electron chi connectivity index (χ2n) is 15.1. The lowest BCUT2D eigenvalue weighted by molar-refractivity contribution is 0.669.